The van der Waals surface area contributed by atoms with Crippen LogP contribution in [0.5, 0.6) is 5.75 Å². The van der Waals surface area contributed by atoms with Crippen molar-refractivity contribution in [2.24, 2.45) is 0 Å². The van der Waals surface area contributed by atoms with E-state index in [-0.39, 0.29) is 0 Å². The smallest absolute Gasteiger partial charge is 0.478 e. The van der Waals surface area contributed by atoms with E-state index in [0.29, 0.717) is 0 Å². The van der Waals surface area contributed by atoms with E-state index in [1.54, 1.807) is 0 Å². The maximum absolute atomic E-state index is 13.1. The van der Waals surface area contributed by atoms with Gasteiger partial charge in [0.25, 0.3) is 0 Å². The minimum absolute atomic E-state index is 0.635. The lowest BCUT2D eigenvalue weighted by atomic mass is 10.1. The van der Waals surface area contributed by atoms with Crippen molar-refractivity contribution in [3.8, 4) is 5.75 Å². The SMILES string of the molecule is Nc1ccc(C(=O)O)c(OC(F)(F)F)c1F. The van der Waals surface area contributed by atoms with Crippen LogP contribution < -0.4 is 10.5 Å². The molecular formula is C8H5F4NO3. The number of hydrogen-bond acceptors (Lipinski definition) is 3. The summed E-state index contributed by atoms with van der Waals surface area (Å²) in [4.78, 5) is 10.5. The third-order valence-corrected chi connectivity index (χ3v) is 1.58. The van der Waals surface area contributed by atoms with E-state index in [1.807, 2.05) is 0 Å². The second-order valence-corrected chi connectivity index (χ2v) is 2.70. The first-order valence-corrected chi connectivity index (χ1v) is 3.79. The van der Waals surface area contributed by atoms with Crippen molar-refractivity contribution >= 4 is 11.7 Å². The number of hydrogen-bond donors (Lipinski definition) is 2. The highest BCUT2D eigenvalue weighted by atomic mass is 19.4. The van der Waals surface area contributed by atoms with E-state index in [1.165, 1.54) is 0 Å². The Hall–Kier alpha value is -1.99. The number of carboxylic acids is 1. The van der Waals surface area contributed by atoms with Gasteiger partial charge in [-0.05, 0) is 12.1 Å². The van der Waals surface area contributed by atoms with Crippen molar-refractivity contribution in [2.45, 2.75) is 6.36 Å². The topological polar surface area (TPSA) is 72.6 Å². The van der Waals surface area contributed by atoms with Gasteiger partial charge >= 0.3 is 12.3 Å². The van der Waals surface area contributed by atoms with E-state index in [4.69, 9.17) is 10.8 Å². The fourth-order valence-corrected chi connectivity index (χ4v) is 0.955. The second-order valence-electron chi connectivity index (χ2n) is 2.70. The Morgan fingerprint density at radius 1 is 1.38 bits per heavy atom. The molecule has 0 bridgehead atoms. The molecule has 0 amide bonds. The predicted molar refractivity (Wildman–Crippen MR) is 44.5 cm³/mol. The number of ether oxygens (including phenoxy) is 1. The molecule has 0 heterocycles. The van der Waals surface area contributed by atoms with Crippen molar-refractivity contribution in [2.75, 3.05) is 5.73 Å². The van der Waals surface area contributed by atoms with Gasteiger partial charge in [-0.1, -0.05) is 0 Å². The lowest BCUT2D eigenvalue weighted by Crippen LogP contribution is -2.20. The molecule has 0 aliphatic rings. The summed E-state index contributed by atoms with van der Waals surface area (Å²) in [5, 5.41) is 8.52. The summed E-state index contributed by atoms with van der Waals surface area (Å²) in [7, 11) is 0. The lowest BCUT2D eigenvalue weighted by Gasteiger charge is -2.12. The number of halogens is 4. The van der Waals surface area contributed by atoms with Crippen molar-refractivity contribution in [3.05, 3.63) is 23.5 Å². The van der Waals surface area contributed by atoms with Crippen LogP contribution in [0.4, 0.5) is 23.2 Å². The zero-order valence-corrected chi connectivity index (χ0v) is 7.51. The molecule has 0 aliphatic heterocycles. The Morgan fingerprint density at radius 2 is 1.94 bits per heavy atom. The van der Waals surface area contributed by atoms with Gasteiger partial charge in [0.1, 0.15) is 5.56 Å². The van der Waals surface area contributed by atoms with E-state index in [2.05, 4.69) is 4.74 Å². The van der Waals surface area contributed by atoms with E-state index in [9.17, 15) is 22.4 Å². The summed E-state index contributed by atoms with van der Waals surface area (Å²) in [5.74, 6) is -4.75. The molecule has 4 nitrogen and oxygen atoms in total. The first kappa shape index (κ1) is 12.1. The minimum atomic E-state index is -5.20. The molecule has 0 radical (unpaired) electrons. The van der Waals surface area contributed by atoms with Crippen LogP contribution in [0.3, 0.4) is 0 Å². The van der Waals surface area contributed by atoms with Crippen LogP contribution in [-0.2, 0) is 0 Å². The predicted octanol–water partition coefficient (Wildman–Crippen LogP) is 2.00. The lowest BCUT2D eigenvalue weighted by molar-refractivity contribution is -0.275. The van der Waals surface area contributed by atoms with Crippen LogP contribution in [-0.4, -0.2) is 17.4 Å². The van der Waals surface area contributed by atoms with Crippen molar-refractivity contribution in [1.29, 1.82) is 0 Å². The van der Waals surface area contributed by atoms with Crippen LogP contribution in [0, 0.1) is 5.82 Å². The minimum Gasteiger partial charge on any atom is -0.478 e. The normalized spacial score (nSPS) is 11.2. The van der Waals surface area contributed by atoms with Gasteiger partial charge < -0.3 is 15.6 Å². The molecule has 1 rings (SSSR count). The third-order valence-electron chi connectivity index (χ3n) is 1.58. The first-order valence-electron chi connectivity index (χ1n) is 3.79. The van der Waals surface area contributed by atoms with Gasteiger partial charge in [-0.25, -0.2) is 9.18 Å². The highest BCUT2D eigenvalue weighted by Gasteiger charge is 2.35. The molecule has 88 valence electrons. The Morgan fingerprint density at radius 3 is 2.38 bits per heavy atom. The number of carboxylic acid groups (broad SMARTS) is 1. The number of benzene rings is 1. The number of rotatable bonds is 2. The molecular weight excluding hydrogens is 234 g/mol. The van der Waals surface area contributed by atoms with E-state index >= 15 is 0 Å². The number of nitrogen functional groups attached to an aromatic ring is 1. The molecule has 0 aliphatic carbocycles. The maximum atomic E-state index is 13.1. The summed E-state index contributed by atoms with van der Waals surface area (Å²) in [6, 6.07) is 1.56. The molecule has 1 aromatic carbocycles. The fourth-order valence-electron chi connectivity index (χ4n) is 0.955. The van der Waals surface area contributed by atoms with Gasteiger partial charge in [-0.2, -0.15) is 0 Å². The van der Waals surface area contributed by atoms with Crippen molar-refractivity contribution in [3.63, 3.8) is 0 Å². The molecule has 8 heteroatoms. The highest BCUT2D eigenvalue weighted by Crippen LogP contribution is 2.32. The zero-order valence-electron chi connectivity index (χ0n) is 7.51. The first-order chi connectivity index (χ1) is 7.22. The van der Waals surface area contributed by atoms with Gasteiger partial charge in [0.15, 0.2) is 11.6 Å². The Kier molecular flexibility index (Phi) is 2.92. The molecule has 0 fully saturated rings. The Bertz CT molecular complexity index is 430. The largest absolute Gasteiger partial charge is 0.573 e. The monoisotopic (exact) mass is 239 g/mol. The van der Waals surface area contributed by atoms with Gasteiger partial charge in [0.05, 0.1) is 5.69 Å². The standard InChI is InChI=1S/C8H5F4NO3/c9-5-4(13)2-1-3(7(14)15)6(5)16-8(10,11)12/h1-2H,13H2,(H,14,15). The summed E-state index contributed by atoms with van der Waals surface area (Å²) < 4.78 is 52.0. The van der Waals surface area contributed by atoms with Crippen molar-refractivity contribution < 1.29 is 32.2 Å². The van der Waals surface area contributed by atoms with Crippen LogP contribution in [0.1, 0.15) is 10.4 Å². The van der Waals surface area contributed by atoms with Gasteiger partial charge in [-0.3, -0.25) is 0 Å². The number of alkyl halides is 3. The number of carbonyl (C=O) groups is 1. The molecule has 3 N–H and O–H groups in total. The van der Waals surface area contributed by atoms with Gasteiger partial charge in [0.2, 0.25) is 0 Å². The molecule has 16 heavy (non-hydrogen) atoms. The zero-order chi connectivity index (χ0) is 12.5. The molecule has 0 aromatic heterocycles. The maximum Gasteiger partial charge on any atom is 0.573 e. The van der Waals surface area contributed by atoms with E-state index < -0.39 is 35.1 Å². The van der Waals surface area contributed by atoms with E-state index in [0.717, 1.165) is 12.1 Å². The highest BCUT2D eigenvalue weighted by molar-refractivity contribution is 5.91. The Labute approximate surface area is 86.2 Å². The van der Waals surface area contributed by atoms with Crippen LogP contribution in [0.2, 0.25) is 0 Å². The summed E-state index contributed by atoms with van der Waals surface area (Å²) in [5.41, 5.74) is 3.40. The molecule has 0 saturated heterocycles. The number of nitrogens with two attached hydrogens (primary N) is 1. The Balaban J connectivity index is 3.32. The van der Waals surface area contributed by atoms with Crippen LogP contribution in [0.25, 0.3) is 0 Å². The molecule has 0 atom stereocenters. The summed E-state index contributed by atoms with van der Waals surface area (Å²) >= 11 is 0. The number of aromatic carboxylic acids is 1. The van der Waals surface area contributed by atoms with Crippen molar-refractivity contribution in [1.82, 2.24) is 0 Å². The quantitative estimate of drug-likeness (QED) is 0.611. The van der Waals surface area contributed by atoms with Gasteiger partial charge in [-0.15, -0.1) is 13.2 Å². The fraction of sp³-hybridized carbons (Fsp3) is 0.125. The average Bonchev–Trinajstić information content (AvgIpc) is 2.10. The van der Waals surface area contributed by atoms with Gasteiger partial charge in [0, 0.05) is 0 Å². The van der Waals surface area contributed by atoms with Crippen LogP contribution >= 0.6 is 0 Å². The molecule has 0 spiro atoms. The average molecular weight is 239 g/mol. The van der Waals surface area contributed by atoms with Crippen LogP contribution in [0.15, 0.2) is 12.1 Å². The molecule has 0 unspecified atom stereocenters. The molecule has 0 saturated carbocycles. The molecule has 1 aromatic rings. The second kappa shape index (κ2) is 3.87. The summed E-state index contributed by atoms with van der Waals surface area (Å²) in [6.45, 7) is 0. The number of anilines is 1. The summed E-state index contributed by atoms with van der Waals surface area (Å²) in [6.07, 6.45) is -5.20. The third kappa shape index (κ3) is 2.53.